The molecule has 0 bridgehead atoms. The summed E-state index contributed by atoms with van der Waals surface area (Å²) in [5, 5.41) is 0. The molecular weight excluding hydrogens is 342 g/mol. The summed E-state index contributed by atoms with van der Waals surface area (Å²) in [5.41, 5.74) is 0.785. The van der Waals surface area contributed by atoms with E-state index >= 15 is 0 Å². The van der Waals surface area contributed by atoms with Crippen molar-refractivity contribution in [1.82, 2.24) is 4.90 Å². The molecule has 1 heterocycles. The van der Waals surface area contributed by atoms with E-state index < -0.39 is 5.60 Å². The van der Waals surface area contributed by atoms with Crippen molar-refractivity contribution in [3.05, 3.63) is 40.4 Å². The zero-order chi connectivity index (χ0) is 16.2. The Balaban J connectivity index is 1.82. The van der Waals surface area contributed by atoms with Gasteiger partial charge in [-0.15, -0.1) is 0 Å². The van der Waals surface area contributed by atoms with Crippen LogP contribution in [0.4, 0.5) is 4.79 Å². The number of ether oxygens (including phenoxy) is 1. The third kappa shape index (κ3) is 5.48. The van der Waals surface area contributed by atoms with Crippen LogP contribution in [0.1, 0.15) is 39.2 Å². The predicted molar refractivity (Wildman–Crippen MR) is 93.7 cm³/mol. The van der Waals surface area contributed by atoms with E-state index in [4.69, 9.17) is 4.74 Å². The van der Waals surface area contributed by atoms with E-state index in [1.807, 2.05) is 37.8 Å². The van der Waals surface area contributed by atoms with Crippen LogP contribution in [0.3, 0.4) is 0 Å². The van der Waals surface area contributed by atoms with E-state index in [1.165, 1.54) is 5.56 Å². The number of nitrogens with zero attached hydrogens (tertiary/aromatic N) is 1. The number of hydrogen-bond acceptors (Lipinski definition) is 2. The van der Waals surface area contributed by atoms with Gasteiger partial charge < -0.3 is 9.64 Å². The van der Waals surface area contributed by atoms with Crippen LogP contribution in [0.15, 0.2) is 34.8 Å². The molecule has 4 heteroatoms. The Kier molecular flexibility index (Phi) is 5.68. The van der Waals surface area contributed by atoms with E-state index in [9.17, 15) is 4.79 Å². The van der Waals surface area contributed by atoms with Crippen molar-refractivity contribution >= 4 is 28.1 Å². The fraction of sp³-hybridized carbons (Fsp3) is 0.500. The summed E-state index contributed by atoms with van der Waals surface area (Å²) in [6.45, 7) is 7.24. The van der Waals surface area contributed by atoms with Crippen LogP contribution in [-0.2, 0) is 4.74 Å². The Labute approximate surface area is 141 Å². The molecule has 120 valence electrons. The molecule has 1 aromatic carbocycles. The maximum atomic E-state index is 12.0. The number of rotatable bonds is 2. The van der Waals surface area contributed by atoms with Crippen LogP contribution in [0.5, 0.6) is 0 Å². The lowest BCUT2D eigenvalue weighted by atomic mass is 9.96. The third-order valence-electron chi connectivity index (χ3n) is 3.62. The maximum Gasteiger partial charge on any atom is 0.410 e. The van der Waals surface area contributed by atoms with Crippen molar-refractivity contribution in [3.63, 3.8) is 0 Å². The smallest absolute Gasteiger partial charge is 0.410 e. The second-order valence-electron chi connectivity index (χ2n) is 6.72. The molecule has 3 nitrogen and oxygen atoms in total. The van der Waals surface area contributed by atoms with Gasteiger partial charge >= 0.3 is 6.09 Å². The molecule has 0 spiro atoms. The third-order valence-corrected chi connectivity index (χ3v) is 4.15. The Morgan fingerprint density at radius 2 is 1.82 bits per heavy atom. The van der Waals surface area contributed by atoms with Crippen LogP contribution >= 0.6 is 15.9 Å². The molecule has 0 radical (unpaired) electrons. The molecule has 22 heavy (non-hydrogen) atoms. The number of amides is 1. The van der Waals surface area contributed by atoms with Gasteiger partial charge in [0.2, 0.25) is 0 Å². The van der Waals surface area contributed by atoms with Gasteiger partial charge in [0.1, 0.15) is 5.60 Å². The second kappa shape index (κ2) is 7.32. The molecule has 1 saturated heterocycles. The van der Waals surface area contributed by atoms with Gasteiger partial charge in [0.05, 0.1) is 0 Å². The van der Waals surface area contributed by atoms with Crippen molar-refractivity contribution in [2.45, 2.75) is 39.2 Å². The van der Waals surface area contributed by atoms with Crippen LogP contribution in [0.25, 0.3) is 6.08 Å². The van der Waals surface area contributed by atoms with E-state index in [2.05, 4.69) is 40.2 Å². The van der Waals surface area contributed by atoms with Crippen LogP contribution in [-0.4, -0.2) is 29.7 Å². The minimum Gasteiger partial charge on any atom is -0.444 e. The Hall–Kier alpha value is -1.29. The van der Waals surface area contributed by atoms with Gasteiger partial charge in [0.15, 0.2) is 0 Å². The lowest BCUT2D eigenvalue weighted by molar-refractivity contribution is 0.0197. The quantitative estimate of drug-likeness (QED) is 0.728. The maximum absolute atomic E-state index is 12.0. The van der Waals surface area contributed by atoms with Crippen LogP contribution < -0.4 is 0 Å². The molecule has 0 aromatic heterocycles. The van der Waals surface area contributed by atoms with Crippen molar-refractivity contribution in [1.29, 1.82) is 0 Å². The first kappa shape index (κ1) is 17.1. The molecule has 0 unspecified atom stereocenters. The van der Waals surface area contributed by atoms with Gasteiger partial charge in [0, 0.05) is 17.6 Å². The highest BCUT2D eigenvalue weighted by Gasteiger charge is 2.25. The number of piperidine rings is 1. The van der Waals surface area contributed by atoms with Crippen molar-refractivity contribution in [2.75, 3.05) is 13.1 Å². The summed E-state index contributed by atoms with van der Waals surface area (Å²) in [4.78, 5) is 13.8. The van der Waals surface area contributed by atoms with Gasteiger partial charge in [-0.05, 0) is 57.2 Å². The number of allylic oxidation sites excluding steroid dienone is 1. The Morgan fingerprint density at radius 1 is 1.23 bits per heavy atom. The highest BCUT2D eigenvalue weighted by Crippen LogP contribution is 2.22. The van der Waals surface area contributed by atoms with Crippen LogP contribution in [0.2, 0.25) is 0 Å². The van der Waals surface area contributed by atoms with Gasteiger partial charge in [0.25, 0.3) is 0 Å². The number of benzene rings is 1. The number of hydrogen-bond donors (Lipinski definition) is 0. The molecule has 1 fully saturated rings. The topological polar surface area (TPSA) is 29.5 Å². The van der Waals surface area contributed by atoms with Crippen molar-refractivity contribution in [3.8, 4) is 0 Å². The predicted octanol–water partition coefficient (Wildman–Crippen LogP) is 5.11. The largest absolute Gasteiger partial charge is 0.444 e. The van der Waals surface area contributed by atoms with Gasteiger partial charge in [-0.25, -0.2) is 4.79 Å². The number of carbonyl (C=O) groups excluding carboxylic acids is 1. The van der Waals surface area contributed by atoms with Gasteiger partial charge in [-0.2, -0.15) is 0 Å². The molecule has 2 rings (SSSR count). The number of carbonyl (C=O) groups is 1. The molecule has 1 amide bonds. The lowest BCUT2D eigenvalue weighted by Gasteiger charge is -2.32. The Bertz CT molecular complexity index is 523. The number of likely N-dealkylation sites (tertiary alicyclic amines) is 1. The highest BCUT2D eigenvalue weighted by molar-refractivity contribution is 9.10. The molecule has 0 saturated carbocycles. The standard InChI is InChI=1S/C18H24BrNO2/c1-18(2,3)22-17(21)20-12-10-15(11-13-20)5-4-14-6-8-16(19)9-7-14/h4-9,15H,10-13H2,1-3H3/b5-4-. The zero-order valence-corrected chi connectivity index (χ0v) is 15.1. The van der Waals surface area contributed by atoms with E-state index in [1.54, 1.807) is 0 Å². The zero-order valence-electron chi connectivity index (χ0n) is 13.5. The highest BCUT2D eigenvalue weighted by atomic mass is 79.9. The Morgan fingerprint density at radius 3 is 2.36 bits per heavy atom. The lowest BCUT2D eigenvalue weighted by Crippen LogP contribution is -2.41. The molecule has 1 aliphatic heterocycles. The summed E-state index contributed by atoms with van der Waals surface area (Å²) < 4.78 is 6.51. The van der Waals surface area contributed by atoms with Crippen molar-refractivity contribution in [2.24, 2.45) is 5.92 Å². The molecule has 0 atom stereocenters. The van der Waals surface area contributed by atoms with Crippen LogP contribution in [0, 0.1) is 5.92 Å². The van der Waals surface area contributed by atoms with E-state index in [0.29, 0.717) is 5.92 Å². The molecule has 1 aromatic rings. The minimum absolute atomic E-state index is 0.192. The number of halogens is 1. The first-order valence-corrected chi connectivity index (χ1v) is 8.54. The SMILES string of the molecule is CC(C)(C)OC(=O)N1CCC(/C=C\c2ccc(Br)cc2)CC1. The van der Waals surface area contributed by atoms with E-state index in [-0.39, 0.29) is 6.09 Å². The summed E-state index contributed by atoms with van der Waals surface area (Å²) in [6, 6.07) is 8.28. The summed E-state index contributed by atoms with van der Waals surface area (Å²) >= 11 is 3.44. The molecule has 0 N–H and O–H groups in total. The average molecular weight is 366 g/mol. The van der Waals surface area contributed by atoms with Gasteiger partial charge in [-0.3, -0.25) is 0 Å². The first-order valence-electron chi connectivity index (χ1n) is 7.75. The fourth-order valence-electron chi connectivity index (χ4n) is 2.42. The molecule has 1 aliphatic rings. The monoisotopic (exact) mass is 365 g/mol. The van der Waals surface area contributed by atoms with E-state index in [0.717, 1.165) is 30.4 Å². The summed E-state index contributed by atoms with van der Waals surface area (Å²) in [6.07, 6.45) is 6.22. The van der Waals surface area contributed by atoms with Crippen molar-refractivity contribution < 1.29 is 9.53 Å². The average Bonchev–Trinajstić information content (AvgIpc) is 2.45. The molecule has 0 aliphatic carbocycles. The minimum atomic E-state index is -0.421. The normalized spacial score (nSPS) is 17.0. The fourth-order valence-corrected chi connectivity index (χ4v) is 2.69. The van der Waals surface area contributed by atoms with Gasteiger partial charge in [-0.1, -0.05) is 40.2 Å². The second-order valence-corrected chi connectivity index (χ2v) is 7.63. The summed E-state index contributed by atoms with van der Waals surface area (Å²) in [5.74, 6) is 0.530. The first-order chi connectivity index (χ1) is 10.3. The summed E-state index contributed by atoms with van der Waals surface area (Å²) in [7, 11) is 0. The molecular formula is C18H24BrNO2.